The summed E-state index contributed by atoms with van der Waals surface area (Å²) in [6.45, 7) is 0. The molecule has 23 heavy (non-hydrogen) atoms. The Morgan fingerprint density at radius 1 is 1.04 bits per heavy atom. The summed E-state index contributed by atoms with van der Waals surface area (Å²) in [4.78, 5) is 11.0. The number of amides is 1. The number of carbonyl (C=O) groups excluding carboxylic acids is 1. The van der Waals surface area contributed by atoms with E-state index in [2.05, 4.69) is 0 Å². The van der Waals surface area contributed by atoms with Crippen molar-refractivity contribution in [2.45, 2.75) is 23.8 Å². The van der Waals surface area contributed by atoms with Gasteiger partial charge < -0.3 is 10.5 Å². The summed E-state index contributed by atoms with van der Waals surface area (Å²) < 4.78 is 26.6. The number of carbonyl (C=O) groups is 1. The summed E-state index contributed by atoms with van der Waals surface area (Å²) in [6.07, 6.45) is 1.10. The Labute approximate surface area is 135 Å². The first-order chi connectivity index (χ1) is 10.9. The molecule has 1 aliphatic rings. The van der Waals surface area contributed by atoms with Crippen molar-refractivity contribution < 1.29 is 17.9 Å². The van der Waals surface area contributed by atoms with E-state index in [0.717, 1.165) is 17.7 Å². The number of para-hydroxylation sites is 1. The second-order valence-corrected chi connectivity index (χ2v) is 6.57. The van der Waals surface area contributed by atoms with E-state index in [4.69, 9.17) is 15.6 Å². The first-order valence-corrected chi connectivity index (χ1v) is 8.54. The molecule has 1 aliphatic heterocycles. The van der Waals surface area contributed by atoms with Crippen molar-refractivity contribution in [2.75, 3.05) is 0 Å². The zero-order valence-corrected chi connectivity index (χ0v) is 13.2. The van der Waals surface area contributed by atoms with Crippen LogP contribution in [0.25, 0.3) is 0 Å². The predicted octanol–water partition coefficient (Wildman–Crippen LogP) is 1.20. The molecule has 0 aromatic heterocycles. The fraction of sp³-hybridized carbons (Fsp3) is 0.188. The lowest BCUT2D eigenvalue weighted by Crippen LogP contribution is -2.36. The average Bonchev–Trinajstić information content (AvgIpc) is 2.55. The molecule has 1 atom stereocenters. The maximum Gasteiger partial charge on any atom is 0.258 e. The smallest absolute Gasteiger partial charge is 0.258 e. The van der Waals surface area contributed by atoms with Crippen molar-refractivity contribution in [3.05, 3.63) is 60.2 Å². The minimum atomic E-state index is -3.50. The van der Waals surface area contributed by atoms with Gasteiger partial charge in [0.1, 0.15) is 5.75 Å². The average molecular weight is 334 g/mol. The Kier molecular flexibility index (Phi) is 5.36. The molecule has 0 radical (unpaired) electrons. The van der Waals surface area contributed by atoms with E-state index in [9.17, 15) is 13.2 Å². The van der Waals surface area contributed by atoms with Gasteiger partial charge in [-0.2, -0.15) is 0 Å². The lowest BCUT2D eigenvalue weighted by molar-refractivity contribution is -0.125. The first-order valence-electron chi connectivity index (χ1n) is 6.99. The topological polar surface area (TPSA) is 112 Å². The molecule has 0 saturated heterocycles. The number of primary amides is 1. The summed E-state index contributed by atoms with van der Waals surface area (Å²) in [5.41, 5.74) is 6.31. The van der Waals surface area contributed by atoms with Gasteiger partial charge in [0.25, 0.3) is 5.91 Å². The SMILES string of the molecule is NC(=O)C1CCc2ccccc2O1.NS(=O)(=O)c1ccccc1. The Hall–Kier alpha value is -2.38. The third-order valence-electron chi connectivity index (χ3n) is 3.31. The molecule has 6 nitrogen and oxygen atoms in total. The lowest BCUT2D eigenvalue weighted by atomic mass is 10.0. The van der Waals surface area contributed by atoms with Gasteiger partial charge in [0.15, 0.2) is 6.10 Å². The van der Waals surface area contributed by atoms with Crippen LogP contribution in [0.1, 0.15) is 12.0 Å². The van der Waals surface area contributed by atoms with Crippen LogP contribution in [-0.4, -0.2) is 20.4 Å². The molecule has 0 fully saturated rings. The Morgan fingerprint density at radius 2 is 1.65 bits per heavy atom. The monoisotopic (exact) mass is 334 g/mol. The van der Waals surface area contributed by atoms with Gasteiger partial charge in [0.2, 0.25) is 10.0 Å². The van der Waals surface area contributed by atoms with Gasteiger partial charge >= 0.3 is 0 Å². The molecule has 0 aliphatic carbocycles. The highest BCUT2D eigenvalue weighted by Crippen LogP contribution is 2.26. The number of benzene rings is 2. The summed E-state index contributed by atoms with van der Waals surface area (Å²) in [5, 5.41) is 4.83. The van der Waals surface area contributed by atoms with Gasteiger partial charge in [-0.1, -0.05) is 36.4 Å². The Morgan fingerprint density at radius 3 is 2.22 bits per heavy atom. The van der Waals surface area contributed by atoms with Crippen LogP contribution in [-0.2, 0) is 21.2 Å². The summed E-state index contributed by atoms with van der Waals surface area (Å²) in [6, 6.07) is 15.6. The third-order valence-corrected chi connectivity index (χ3v) is 4.24. The molecule has 2 aromatic carbocycles. The van der Waals surface area contributed by atoms with Gasteiger partial charge in [-0.15, -0.1) is 0 Å². The van der Waals surface area contributed by atoms with E-state index in [-0.39, 0.29) is 10.8 Å². The van der Waals surface area contributed by atoms with Gasteiger partial charge in [-0.05, 0) is 36.6 Å². The second-order valence-electron chi connectivity index (χ2n) is 5.01. The van der Waals surface area contributed by atoms with Crippen molar-refractivity contribution in [3.8, 4) is 5.75 Å². The van der Waals surface area contributed by atoms with Crippen LogP contribution in [0.4, 0.5) is 0 Å². The maximum absolute atomic E-state index is 10.9. The van der Waals surface area contributed by atoms with E-state index >= 15 is 0 Å². The lowest BCUT2D eigenvalue weighted by Gasteiger charge is -2.23. The van der Waals surface area contributed by atoms with Crippen LogP contribution >= 0.6 is 0 Å². The van der Waals surface area contributed by atoms with E-state index in [1.165, 1.54) is 12.1 Å². The van der Waals surface area contributed by atoms with Crippen molar-refractivity contribution in [2.24, 2.45) is 10.9 Å². The van der Waals surface area contributed by atoms with Crippen molar-refractivity contribution in [3.63, 3.8) is 0 Å². The molecule has 0 bridgehead atoms. The molecule has 2 aromatic rings. The number of hydrogen-bond donors (Lipinski definition) is 2. The molecule has 3 rings (SSSR count). The number of rotatable bonds is 2. The van der Waals surface area contributed by atoms with Gasteiger partial charge in [-0.25, -0.2) is 13.6 Å². The minimum absolute atomic E-state index is 0.148. The number of aryl methyl sites for hydroxylation is 1. The van der Waals surface area contributed by atoms with Crippen molar-refractivity contribution in [1.82, 2.24) is 0 Å². The molecular formula is C16H18N2O4S. The molecule has 1 amide bonds. The maximum atomic E-state index is 10.9. The number of hydrogen-bond acceptors (Lipinski definition) is 4. The third kappa shape index (κ3) is 4.80. The predicted molar refractivity (Wildman–Crippen MR) is 86.2 cm³/mol. The number of primary sulfonamides is 1. The minimum Gasteiger partial charge on any atom is -0.480 e. The van der Waals surface area contributed by atoms with E-state index in [1.54, 1.807) is 18.2 Å². The first kappa shape index (κ1) is 17.0. The van der Waals surface area contributed by atoms with E-state index in [0.29, 0.717) is 6.42 Å². The molecule has 1 unspecified atom stereocenters. The molecule has 7 heteroatoms. The van der Waals surface area contributed by atoms with Crippen LogP contribution in [0.5, 0.6) is 5.75 Å². The molecule has 0 saturated carbocycles. The van der Waals surface area contributed by atoms with Crippen LogP contribution in [0, 0.1) is 0 Å². The number of sulfonamides is 1. The Bertz CT molecular complexity index is 776. The number of fused-ring (bicyclic) bond motifs is 1. The summed E-state index contributed by atoms with van der Waals surface area (Å²) in [5.74, 6) is 0.409. The fourth-order valence-electron chi connectivity index (χ4n) is 2.13. The van der Waals surface area contributed by atoms with Gasteiger partial charge in [0, 0.05) is 0 Å². The highest BCUT2D eigenvalue weighted by molar-refractivity contribution is 7.89. The Balaban J connectivity index is 0.000000174. The fourth-order valence-corrected chi connectivity index (χ4v) is 2.67. The number of nitrogens with two attached hydrogens (primary N) is 2. The normalized spacial score (nSPS) is 16.3. The highest BCUT2D eigenvalue weighted by atomic mass is 32.2. The molecular weight excluding hydrogens is 316 g/mol. The van der Waals surface area contributed by atoms with E-state index in [1.807, 2.05) is 24.3 Å². The van der Waals surface area contributed by atoms with Crippen LogP contribution < -0.4 is 15.6 Å². The second kappa shape index (κ2) is 7.26. The van der Waals surface area contributed by atoms with Gasteiger partial charge in [-0.3, -0.25) is 4.79 Å². The zero-order valence-electron chi connectivity index (χ0n) is 12.4. The molecule has 122 valence electrons. The van der Waals surface area contributed by atoms with Crippen molar-refractivity contribution in [1.29, 1.82) is 0 Å². The zero-order chi connectivity index (χ0) is 16.9. The quantitative estimate of drug-likeness (QED) is 0.859. The van der Waals surface area contributed by atoms with Crippen LogP contribution in [0.2, 0.25) is 0 Å². The van der Waals surface area contributed by atoms with E-state index < -0.39 is 16.1 Å². The molecule has 0 spiro atoms. The summed E-state index contributed by atoms with van der Waals surface area (Å²) >= 11 is 0. The standard InChI is InChI=1S/C10H11NO2.C6H7NO2S/c11-10(12)9-6-5-7-3-1-2-4-8(7)13-9;7-10(8,9)6-4-2-1-3-5-6/h1-4,9H,5-6H2,(H2,11,12);1-5H,(H2,7,8,9). The largest absolute Gasteiger partial charge is 0.480 e. The van der Waals surface area contributed by atoms with Crippen LogP contribution in [0.15, 0.2) is 59.5 Å². The van der Waals surface area contributed by atoms with Crippen molar-refractivity contribution >= 4 is 15.9 Å². The molecule has 4 N–H and O–H groups in total. The number of ether oxygens (including phenoxy) is 1. The van der Waals surface area contributed by atoms with Gasteiger partial charge in [0.05, 0.1) is 4.90 Å². The molecule has 1 heterocycles. The highest BCUT2D eigenvalue weighted by Gasteiger charge is 2.23. The summed E-state index contributed by atoms with van der Waals surface area (Å²) in [7, 11) is -3.50. The van der Waals surface area contributed by atoms with Crippen LogP contribution in [0.3, 0.4) is 0 Å².